The summed E-state index contributed by atoms with van der Waals surface area (Å²) in [5.41, 5.74) is -0.282. The van der Waals surface area contributed by atoms with Crippen molar-refractivity contribution in [2.75, 3.05) is 6.26 Å². The van der Waals surface area contributed by atoms with Crippen molar-refractivity contribution in [1.82, 2.24) is 19.9 Å². The van der Waals surface area contributed by atoms with Gasteiger partial charge >= 0.3 is 0 Å². The van der Waals surface area contributed by atoms with Crippen molar-refractivity contribution in [3.63, 3.8) is 0 Å². The summed E-state index contributed by atoms with van der Waals surface area (Å²) in [4.78, 5) is 33.8. The van der Waals surface area contributed by atoms with Crippen molar-refractivity contribution in [1.29, 1.82) is 0 Å². The van der Waals surface area contributed by atoms with Crippen molar-refractivity contribution >= 4 is 26.8 Å². The Morgan fingerprint density at radius 1 is 1.06 bits per heavy atom. The second-order valence-corrected chi connectivity index (χ2v) is 10.6. The zero-order chi connectivity index (χ0) is 25.8. The van der Waals surface area contributed by atoms with Gasteiger partial charge in [-0.3, -0.25) is 14.2 Å². The Kier molecular flexibility index (Phi) is 5.67. The van der Waals surface area contributed by atoms with Crippen LogP contribution in [0.2, 0.25) is 0 Å². The van der Waals surface area contributed by atoms with Gasteiger partial charge in [-0.2, -0.15) is 4.98 Å². The highest BCUT2D eigenvalue weighted by Crippen LogP contribution is 2.32. The first-order valence-electron chi connectivity index (χ1n) is 11.0. The van der Waals surface area contributed by atoms with Crippen LogP contribution >= 0.6 is 0 Å². The van der Waals surface area contributed by atoms with Gasteiger partial charge in [-0.15, -0.1) is 0 Å². The lowest BCUT2D eigenvalue weighted by Gasteiger charge is -2.16. The molecule has 5 rings (SSSR count). The minimum Gasteiger partial charge on any atom is -0.349 e. The Labute approximate surface area is 204 Å². The number of amides is 1. The minimum atomic E-state index is -4.01. The number of para-hydroxylation sites is 1. The molecule has 2 aromatic heterocycles. The quantitative estimate of drug-likeness (QED) is 0.413. The van der Waals surface area contributed by atoms with Gasteiger partial charge in [-0.05, 0) is 55.7 Å². The van der Waals surface area contributed by atoms with E-state index < -0.39 is 37.9 Å². The van der Waals surface area contributed by atoms with Crippen molar-refractivity contribution < 1.29 is 22.0 Å². The lowest BCUT2D eigenvalue weighted by Crippen LogP contribution is -2.25. The molecule has 184 valence electrons. The largest absolute Gasteiger partial charge is 0.349 e. The lowest BCUT2D eigenvalue weighted by molar-refractivity contribution is 0.0951. The van der Waals surface area contributed by atoms with Crippen LogP contribution in [-0.4, -0.2) is 41.2 Å². The number of rotatable bonds is 5. The predicted octanol–water partition coefficient (Wildman–Crippen LogP) is 3.33. The van der Waals surface area contributed by atoms with E-state index >= 15 is 0 Å². The number of carbonyl (C=O) groups excluding carboxylic acids is 1. The summed E-state index contributed by atoms with van der Waals surface area (Å²) >= 11 is 0. The number of hydrogen-bond donors (Lipinski definition) is 1. The van der Waals surface area contributed by atoms with E-state index in [0.29, 0.717) is 21.3 Å². The molecule has 8 nitrogen and oxygen atoms in total. The Morgan fingerprint density at radius 2 is 1.75 bits per heavy atom. The maximum atomic E-state index is 14.7. The fourth-order valence-corrected chi connectivity index (χ4v) is 4.41. The second kappa shape index (κ2) is 8.59. The van der Waals surface area contributed by atoms with E-state index in [0.717, 1.165) is 43.4 Å². The molecular formula is C25H20F2N4O4S. The summed E-state index contributed by atoms with van der Waals surface area (Å²) in [5, 5.41) is 2.44. The maximum absolute atomic E-state index is 14.7. The molecule has 2 aromatic carbocycles. The number of carbonyl (C=O) groups is 1. The van der Waals surface area contributed by atoms with Gasteiger partial charge < -0.3 is 5.32 Å². The van der Waals surface area contributed by atoms with Gasteiger partial charge in [0.05, 0.1) is 5.69 Å². The third-order valence-electron chi connectivity index (χ3n) is 5.89. The fourth-order valence-electron chi connectivity index (χ4n) is 3.90. The Morgan fingerprint density at radius 3 is 2.39 bits per heavy atom. The van der Waals surface area contributed by atoms with E-state index in [4.69, 9.17) is 0 Å². The number of nitrogens with zero attached hydrogens (tertiary/aromatic N) is 3. The molecule has 0 radical (unpaired) electrons. The first kappa shape index (κ1) is 23.7. The monoisotopic (exact) mass is 510 g/mol. The SMILES string of the molecule is Cc1ccc(C(=O)NC2CC2)cc1-c1nc(S(C)(=O)=O)nc2c1ccc(=O)n2-c1c(F)cccc1F. The molecule has 36 heavy (non-hydrogen) atoms. The number of aromatic nitrogens is 3. The predicted molar refractivity (Wildman–Crippen MR) is 129 cm³/mol. The van der Waals surface area contributed by atoms with Crippen LogP contribution in [0.15, 0.2) is 58.5 Å². The fraction of sp³-hybridized carbons (Fsp3) is 0.200. The normalized spacial score (nSPS) is 13.7. The molecule has 0 unspecified atom stereocenters. The van der Waals surface area contributed by atoms with E-state index in [9.17, 15) is 26.8 Å². The van der Waals surface area contributed by atoms with Crippen LogP contribution in [0.25, 0.3) is 28.0 Å². The zero-order valence-corrected chi connectivity index (χ0v) is 20.1. The van der Waals surface area contributed by atoms with Crippen LogP contribution < -0.4 is 10.9 Å². The third kappa shape index (κ3) is 4.26. The summed E-state index contributed by atoms with van der Waals surface area (Å²) in [7, 11) is -4.01. The van der Waals surface area contributed by atoms with Crippen molar-refractivity contribution in [2.24, 2.45) is 0 Å². The molecular weight excluding hydrogens is 490 g/mol. The van der Waals surface area contributed by atoms with Crippen molar-refractivity contribution in [3.8, 4) is 16.9 Å². The average Bonchev–Trinajstić information content (AvgIpc) is 3.63. The molecule has 1 saturated carbocycles. The van der Waals surface area contributed by atoms with E-state index in [1.807, 2.05) is 0 Å². The Bertz CT molecular complexity index is 1710. The van der Waals surface area contributed by atoms with Gasteiger partial charge in [0.25, 0.3) is 11.5 Å². The summed E-state index contributed by atoms with van der Waals surface area (Å²) < 4.78 is 55.1. The first-order chi connectivity index (χ1) is 17.0. The molecule has 0 atom stereocenters. The topological polar surface area (TPSA) is 111 Å². The van der Waals surface area contributed by atoms with Crippen molar-refractivity contribution in [2.45, 2.75) is 31.0 Å². The Balaban J connectivity index is 1.85. The maximum Gasteiger partial charge on any atom is 0.256 e. The zero-order valence-electron chi connectivity index (χ0n) is 19.2. The van der Waals surface area contributed by atoms with Gasteiger partial charge in [0.15, 0.2) is 5.65 Å². The molecule has 1 N–H and O–H groups in total. The van der Waals surface area contributed by atoms with Gasteiger partial charge in [-0.1, -0.05) is 12.1 Å². The smallest absolute Gasteiger partial charge is 0.256 e. The minimum absolute atomic E-state index is 0.101. The standard InChI is InChI=1S/C25H20F2N4O4S/c1-13-6-7-14(24(33)28-15-8-9-15)12-17(13)21-16-10-11-20(32)31(22-18(26)4-3-5-19(22)27)23(16)30-25(29-21)36(2,34)35/h3-7,10-12,15H,8-9H2,1-2H3,(H,28,33). The number of pyridine rings is 1. The van der Waals surface area contributed by atoms with Crippen LogP contribution in [0.5, 0.6) is 0 Å². The molecule has 0 bridgehead atoms. The van der Waals surface area contributed by atoms with Crippen LogP contribution in [0, 0.1) is 18.6 Å². The number of halogens is 2. The van der Waals surface area contributed by atoms with E-state index in [-0.39, 0.29) is 28.7 Å². The van der Waals surface area contributed by atoms with Crippen LogP contribution in [0.1, 0.15) is 28.8 Å². The van der Waals surface area contributed by atoms with Crippen LogP contribution in [0.3, 0.4) is 0 Å². The molecule has 1 aliphatic carbocycles. The van der Waals surface area contributed by atoms with Gasteiger partial charge in [-0.25, -0.2) is 22.2 Å². The molecule has 1 aliphatic rings. The number of sulfone groups is 1. The van der Waals surface area contributed by atoms with E-state index in [2.05, 4.69) is 15.3 Å². The summed E-state index contributed by atoms with van der Waals surface area (Å²) in [6, 6.07) is 10.6. The van der Waals surface area contributed by atoms with Crippen LogP contribution in [-0.2, 0) is 9.84 Å². The van der Waals surface area contributed by atoms with Gasteiger partial charge in [0.1, 0.15) is 17.3 Å². The molecule has 1 fully saturated rings. The van der Waals surface area contributed by atoms with Gasteiger partial charge in [0.2, 0.25) is 15.0 Å². The second-order valence-electron chi connectivity index (χ2n) is 8.72. The number of nitrogens with one attached hydrogen (secondary N) is 1. The summed E-state index contributed by atoms with van der Waals surface area (Å²) in [5.74, 6) is -2.34. The van der Waals surface area contributed by atoms with Crippen molar-refractivity contribution in [3.05, 3.63) is 81.6 Å². The molecule has 11 heteroatoms. The number of hydrogen-bond acceptors (Lipinski definition) is 6. The highest BCUT2D eigenvalue weighted by molar-refractivity contribution is 7.90. The number of benzene rings is 2. The highest BCUT2D eigenvalue weighted by Gasteiger charge is 2.26. The average molecular weight is 511 g/mol. The van der Waals surface area contributed by atoms with E-state index in [1.165, 1.54) is 6.07 Å². The molecule has 2 heterocycles. The first-order valence-corrected chi connectivity index (χ1v) is 12.9. The number of aryl methyl sites for hydroxylation is 1. The third-order valence-corrected chi connectivity index (χ3v) is 6.74. The summed E-state index contributed by atoms with van der Waals surface area (Å²) in [6.45, 7) is 1.75. The van der Waals surface area contributed by atoms with Crippen LogP contribution in [0.4, 0.5) is 8.78 Å². The van der Waals surface area contributed by atoms with E-state index in [1.54, 1.807) is 25.1 Å². The Hall–Kier alpha value is -3.99. The van der Waals surface area contributed by atoms with Gasteiger partial charge in [0, 0.05) is 34.9 Å². The molecule has 4 aromatic rings. The summed E-state index contributed by atoms with van der Waals surface area (Å²) in [6.07, 6.45) is 2.70. The molecule has 0 aliphatic heterocycles. The molecule has 0 spiro atoms. The molecule has 0 saturated heterocycles. The lowest BCUT2D eigenvalue weighted by atomic mass is 9.99. The molecule has 1 amide bonds. The number of fused-ring (bicyclic) bond motifs is 1. The highest BCUT2D eigenvalue weighted by atomic mass is 32.2.